The SMILES string of the molecule is COc1cc2nn(C3CCC(CN4C[C@H]5C[C@@H]4CN5c4ccn5c(N6CCC(=O)NC6=O)cnc5c4)CC3)cc2cc1NC(=O)c1cccc(C(F)(F)F)n1. The second kappa shape index (κ2) is 13.5. The van der Waals surface area contributed by atoms with E-state index in [0.29, 0.717) is 47.3 Å². The number of likely N-dealkylation sites (tertiary alicyclic amines) is 1. The molecule has 2 bridgehead atoms. The summed E-state index contributed by atoms with van der Waals surface area (Å²) in [6, 6.07) is 11.6. The molecule has 4 fully saturated rings. The van der Waals surface area contributed by atoms with E-state index in [1.165, 1.54) is 13.2 Å². The van der Waals surface area contributed by atoms with Gasteiger partial charge in [-0.2, -0.15) is 18.3 Å². The second-order valence-electron chi connectivity index (χ2n) is 14.9. The predicted octanol–water partition coefficient (Wildman–Crippen LogP) is 5.50. The summed E-state index contributed by atoms with van der Waals surface area (Å²) in [6.45, 7) is 3.38. The lowest BCUT2D eigenvalue weighted by Crippen LogP contribution is -2.50. The molecule has 4 aromatic heterocycles. The fourth-order valence-electron chi connectivity index (χ4n) is 8.76. The van der Waals surface area contributed by atoms with E-state index in [1.54, 1.807) is 23.2 Å². The minimum absolute atomic E-state index is 0.234. The maximum atomic E-state index is 13.2. The summed E-state index contributed by atoms with van der Waals surface area (Å²) in [5.74, 6) is 0.550. The van der Waals surface area contributed by atoms with Crippen LogP contribution in [0, 0.1) is 5.92 Å². The van der Waals surface area contributed by atoms with Gasteiger partial charge in [0, 0.05) is 80.3 Å². The lowest BCUT2D eigenvalue weighted by atomic mass is 9.85. The van der Waals surface area contributed by atoms with Crippen molar-refractivity contribution in [2.24, 2.45) is 5.92 Å². The van der Waals surface area contributed by atoms with Gasteiger partial charge < -0.3 is 15.0 Å². The molecule has 2 atom stereocenters. The highest BCUT2D eigenvalue weighted by atomic mass is 19.4. The van der Waals surface area contributed by atoms with Gasteiger partial charge in [-0.25, -0.2) is 14.8 Å². The van der Waals surface area contributed by atoms with Crippen molar-refractivity contribution >= 4 is 51.6 Å². The Morgan fingerprint density at radius 3 is 2.62 bits per heavy atom. The van der Waals surface area contributed by atoms with Gasteiger partial charge in [-0.05, 0) is 62.3 Å². The molecule has 17 heteroatoms. The summed E-state index contributed by atoms with van der Waals surface area (Å²) < 4.78 is 48.9. The lowest BCUT2D eigenvalue weighted by Gasteiger charge is -2.38. The van der Waals surface area contributed by atoms with Crippen molar-refractivity contribution in [3.63, 3.8) is 0 Å². The van der Waals surface area contributed by atoms with E-state index in [2.05, 4.69) is 42.5 Å². The van der Waals surface area contributed by atoms with Gasteiger partial charge in [-0.15, -0.1) is 0 Å². The second-order valence-corrected chi connectivity index (χ2v) is 14.9. The summed E-state index contributed by atoms with van der Waals surface area (Å²) >= 11 is 0. The van der Waals surface area contributed by atoms with E-state index in [4.69, 9.17) is 9.84 Å². The fraction of sp³-hybridized carbons (Fsp3) is 0.421. The molecule has 1 aromatic carbocycles. The van der Waals surface area contributed by atoms with E-state index in [9.17, 15) is 27.6 Å². The molecule has 0 unspecified atom stereocenters. The number of pyridine rings is 2. The van der Waals surface area contributed by atoms with Crippen LogP contribution in [-0.4, -0.2) is 92.3 Å². The zero-order valence-electron chi connectivity index (χ0n) is 30.0. The fourth-order valence-corrected chi connectivity index (χ4v) is 8.76. The average molecular weight is 757 g/mol. The Balaban J connectivity index is 0.800. The van der Waals surface area contributed by atoms with Gasteiger partial charge in [0.1, 0.15) is 28.6 Å². The number of nitrogens with one attached hydrogen (secondary N) is 2. The van der Waals surface area contributed by atoms with Crippen LogP contribution in [0.4, 0.5) is 35.2 Å². The molecule has 4 aliphatic rings. The van der Waals surface area contributed by atoms with Crippen molar-refractivity contribution < 1.29 is 32.3 Å². The number of carbonyl (C=O) groups is 3. The number of amides is 4. The van der Waals surface area contributed by atoms with Crippen LogP contribution in [0.2, 0.25) is 0 Å². The van der Waals surface area contributed by atoms with Crippen LogP contribution in [-0.2, 0) is 11.0 Å². The number of carbonyl (C=O) groups excluding carboxylic acids is 3. The number of nitrogens with zero attached hydrogens (tertiary/aromatic N) is 8. The highest BCUT2D eigenvalue weighted by Crippen LogP contribution is 2.39. The quantitative estimate of drug-likeness (QED) is 0.210. The number of ether oxygens (including phenoxy) is 1. The first-order valence-corrected chi connectivity index (χ1v) is 18.5. The third-order valence-electron chi connectivity index (χ3n) is 11.5. The van der Waals surface area contributed by atoms with E-state index >= 15 is 0 Å². The molecule has 9 rings (SSSR count). The first kappa shape index (κ1) is 35.0. The first-order valence-electron chi connectivity index (χ1n) is 18.5. The normalized spacial score (nSPS) is 23.2. The Bertz CT molecular complexity index is 2320. The number of piperazine rings is 1. The number of benzene rings is 1. The van der Waals surface area contributed by atoms with Gasteiger partial charge in [-0.3, -0.25) is 33.8 Å². The Morgan fingerprint density at radius 2 is 1.87 bits per heavy atom. The Hall–Kier alpha value is -5.71. The molecule has 2 N–H and O–H groups in total. The van der Waals surface area contributed by atoms with Gasteiger partial charge in [0.15, 0.2) is 0 Å². The summed E-state index contributed by atoms with van der Waals surface area (Å²) in [6.07, 6.45) is 6.50. The van der Waals surface area contributed by atoms with Crippen molar-refractivity contribution in [1.29, 1.82) is 0 Å². The Morgan fingerprint density at radius 1 is 1.04 bits per heavy atom. The number of anilines is 3. The zero-order valence-corrected chi connectivity index (χ0v) is 30.0. The number of alkyl halides is 3. The number of aromatic nitrogens is 5. The average Bonchev–Trinajstić information content (AvgIpc) is 3.98. The largest absolute Gasteiger partial charge is 0.494 e. The highest BCUT2D eigenvalue weighted by molar-refractivity contribution is 6.06. The van der Waals surface area contributed by atoms with Crippen LogP contribution in [0.5, 0.6) is 5.75 Å². The number of hydrogen-bond donors (Lipinski definition) is 2. The van der Waals surface area contributed by atoms with Gasteiger partial charge in [-0.1, -0.05) is 6.07 Å². The van der Waals surface area contributed by atoms with Crippen LogP contribution in [0.15, 0.2) is 61.1 Å². The molecular weight excluding hydrogens is 717 g/mol. The maximum Gasteiger partial charge on any atom is 0.433 e. The van der Waals surface area contributed by atoms with Crippen LogP contribution in [0.1, 0.15) is 60.7 Å². The van der Waals surface area contributed by atoms with Crippen LogP contribution >= 0.6 is 0 Å². The van der Waals surface area contributed by atoms with E-state index in [-0.39, 0.29) is 24.1 Å². The molecule has 14 nitrogen and oxygen atoms in total. The molecule has 286 valence electrons. The number of rotatable bonds is 8. The maximum absolute atomic E-state index is 13.2. The Labute approximate surface area is 313 Å². The number of fused-ring (bicyclic) bond motifs is 4. The minimum Gasteiger partial charge on any atom is -0.494 e. The first-order chi connectivity index (χ1) is 26.5. The van der Waals surface area contributed by atoms with Gasteiger partial charge >= 0.3 is 12.2 Å². The standard InChI is InChI=1S/C38H39F3N10O4/c1-55-31-16-29-23(13-30(31)44-36(53)28-3-2-4-32(43-28)38(39,40)41)19-51(46-29)24-7-5-22(6-8-24)18-47-20-27-14-26(47)21-50(27)25-9-11-48-33(15-25)42-17-35(48)49-12-10-34(52)45-37(49)54/h2-4,9,11,13,15-17,19,22,24,26-27H,5-8,10,12,14,18,20-21H2,1H3,(H,44,53)(H,45,52,54)/t22?,24?,26-,27-/m1/s1. The number of urea groups is 1. The van der Waals surface area contributed by atoms with Crippen molar-refractivity contribution in [3.8, 4) is 5.75 Å². The molecular formula is C38H39F3N10O4. The number of methoxy groups -OCH3 is 1. The number of imide groups is 1. The molecule has 3 aliphatic heterocycles. The topological polar surface area (TPSA) is 142 Å². The van der Waals surface area contributed by atoms with Crippen molar-refractivity contribution in [2.75, 3.05) is 48.4 Å². The smallest absolute Gasteiger partial charge is 0.433 e. The highest BCUT2D eigenvalue weighted by Gasteiger charge is 2.44. The molecule has 0 radical (unpaired) electrons. The van der Waals surface area contributed by atoms with E-state index in [0.717, 1.165) is 80.6 Å². The molecule has 0 spiro atoms. The van der Waals surface area contributed by atoms with E-state index in [1.807, 2.05) is 21.5 Å². The summed E-state index contributed by atoms with van der Waals surface area (Å²) in [5, 5.41) is 10.7. The van der Waals surface area contributed by atoms with Crippen LogP contribution in [0.25, 0.3) is 16.6 Å². The molecule has 7 heterocycles. The number of hydrogen-bond acceptors (Lipinski definition) is 9. The summed E-state index contributed by atoms with van der Waals surface area (Å²) in [5.41, 5.74) is 1.42. The van der Waals surface area contributed by atoms with Crippen LogP contribution < -0.4 is 25.2 Å². The molecule has 1 aliphatic carbocycles. The molecule has 4 amide bonds. The zero-order chi connectivity index (χ0) is 38.0. The lowest BCUT2D eigenvalue weighted by molar-refractivity contribution is -0.141. The van der Waals surface area contributed by atoms with Gasteiger partial charge in [0.25, 0.3) is 5.91 Å². The van der Waals surface area contributed by atoms with E-state index < -0.39 is 23.8 Å². The minimum atomic E-state index is -4.66. The molecule has 1 saturated carbocycles. The predicted molar refractivity (Wildman–Crippen MR) is 196 cm³/mol. The third kappa shape index (κ3) is 6.59. The molecule has 5 aromatic rings. The monoisotopic (exact) mass is 756 g/mol. The van der Waals surface area contributed by atoms with Crippen LogP contribution in [0.3, 0.4) is 0 Å². The third-order valence-corrected chi connectivity index (χ3v) is 11.5. The summed E-state index contributed by atoms with van der Waals surface area (Å²) in [4.78, 5) is 51.7. The van der Waals surface area contributed by atoms with Gasteiger partial charge in [0.2, 0.25) is 5.91 Å². The Kier molecular flexibility index (Phi) is 8.62. The molecule has 3 saturated heterocycles. The van der Waals surface area contributed by atoms with Gasteiger partial charge in [0.05, 0.1) is 30.6 Å². The van der Waals surface area contributed by atoms with Crippen molar-refractivity contribution in [3.05, 3.63) is 72.4 Å². The summed E-state index contributed by atoms with van der Waals surface area (Å²) in [7, 11) is 1.46. The number of imidazole rings is 1. The molecule has 55 heavy (non-hydrogen) atoms. The number of halogens is 3. The van der Waals surface area contributed by atoms with Crippen molar-refractivity contribution in [2.45, 2.75) is 62.8 Å². The van der Waals surface area contributed by atoms with Crippen molar-refractivity contribution in [1.82, 2.24) is 34.4 Å².